The third kappa shape index (κ3) is 3.74. The fraction of sp³-hybridized carbons (Fsp3) is 0.800. The van der Waals surface area contributed by atoms with Crippen molar-refractivity contribution in [1.82, 2.24) is 10.2 Å². The predicted octanol–water partition coefficient (Wildman–Crippen LogP) is 1.15. The number of amides is 2. The summed E-state index contributed by atoms with van der Waals surface area (Å²) in [6, 6.07) is -0.570. The number of carboxylic acids is 1. The molecule has 2 amide bonds. The van der Waals surface area contributed by atoms with E-state index in [1.807, 2.05) is 11.8 Å². The molecule has 6 nitrogen and oxygen atoms in total. The van der Waals surface area contributed by atoms with Gasteiger partial charge in [-0.2, -0.15) is 0 Å². The summed E-state index contributed by atoms with van der Waals surface area (Å²) in [6.07, 6.45) is 5.64. The lowest BCUT2D eigenvalue weighted by atomic mass is 10.1. The number of carboxylic acid groups (broad SMARTS) is 1. The SMILES string of the molecule is CCCC(NC(=O)C1CC(=O)N(C2CCCC2)C1)C(=O)O. The number of carbonyl (C=O) groups excluding carboxylic acids is 2. The molecule has 2 aliphatic rings. The number of aliphatic carboxylic acids is 1. The van der Waals surface area contributed by atoms with Gasteiger partial charge < -0.3 is 15.3 Å². The first-order valence-electron chi connectivity index (χ1n) is 7.85. The minimum absolute atomic E-state index is 0.0319. The Morgan fingerprint density at radius 2 is 2.05 bits per heavy atom. The van der Waals surface area contributed by atoms with Crippen LogP contribution in [0.1, 0.15) is 51.9 Å². The van der Waals surface area contributed by atoms with Crippen LogP contribution in [0.4, 0.5) is 0 Å². The van der Waals surface area contributed by atoms with Crippen LogP contribution in [-0.4, -0.2) is 46.4 Å². The van der Waals surface area contributed by atoms with Gasteiger partial charge in [0.05, 0.1) is 5.92 Å². The van der Waals surface area contributed by atoms with Gasteiger partial charge in [-0.3, -0.25) is 9.59 Å². The monoisotopic (exact) mass is 296 g/mol. The maximum Gasteiger partial charge on any atom is 0.326 e. The summed E-state index contributed by atoms with van der Waals surface area (Å²) in [4.78, 5) is 37.2. The van der Waals surface area contributed by atoms with Crippen LogP contribution in [0.5, 0.6) is 0 Å². The van der Waals surface area contributed by atoms with Crippen molar-refractivity contribution >= 4 is 17.8 Å². The predicted molar refractivity (Wildman–Crippen MR) is 76.6 cm³/mol. The van der Waals surface area contributed by atoms with Crippen molar-refractivity contribution in [2.24, 2.45) is 5.92 Å². The van der Waals surface area contributed by atoms with E-state index in [1.54, 1.807) is 0 Å². The van der Waals surface area contributed by atoms with Gasteiger partial charge in [0.1, 0.15) is 6.04 Å². The van der Waals surface area contributed by atoms with E-state index in [9.17, 15) is 14.4 Å². The second kappa shape index (κ2) is 6.91. The van der Waals surface area contributed by atoms with Gasteiger partial charge in [-0.15, -0.1) is 0 Å². The third-order valence-electron chi connectivity index (χ3n) is 4.49. The zero-order chi connectivity index (χ0) is 15.4. The van der Waals surface area contributed by atoms with E-state index in [0.29, 0.717) is 19.4 Å². The van der Waals surface area contributed by atoms with Crippen molar-refractivity contribution in [3.8, 4) is 0 Å². The molecule has 118 valence electrons. The molecular weight excluding hydrogens is 272 g/mol. The molecule has 1 saturated carbocycles. The third-order valence-corrected chi connectivity index (χ3v) is 4.49. The second-order valence-corrected chi connectivity index (χ2v) is 6.07. The van der Waals surface area contributed by atoms with Crippen LogP contribution < -0.4 is 5.32 Å². The van der Waals surface area contributed by atoms with Gasteiger partial charge in [0.2, 0.25) is 11.8 Å². The van der Waals surface area contributed by atoms with Crippen molar-refractivity contribution in [2.45, 2.75) is 64.0 Å². The van der Waals surface area contributed by atoms with Gasteiger partial charge in [-0.1, -0.05) is 26.2 Å². The normalized spacial score (nSPS) is 24.3. The smallest absolute Gasteiger partial charge is 0.326 e. The van der Waals surface area contributed by atoms with E-state index in [0.717, 1.165) is 25.7 Å². The van der Waals surface area contributed by atoms with Crippen LogP contribution in [0.15, 0.2) is 0 Å². The molecule has 21 heavy (non-hydrogen) atoms. The first-order chi connectivity index (χ1) is 10.0. The Morgan fingerprint density at radius 1 is 1.38 bits per heavy atom. The average molecular weight is 296 g/mol. The van der Waals surface area contributed by atoms with E-state index in [1.165, 1.54) is 0 Å². The largest absolute Gasteiger partial charge is 0.480 e. The van der Waals surface area contributed by atoms with Crippen molar-refractivity contribution < 1.29 is 19.5 Å². The van der Waals surface area contributed by atoms with Gasteiger partial charge in [0, 0.05) is 19.0 Å². The number of nitrogens with one attached hydrogen (secondary N) is 1. The fourth-order valence-electron chi connectivity index (χ4n) is 3.31. The molecule has 0 bridgehead atoms. The summed E-state index contributed by atoms with van der Waals surface area (Å²) >= 11 is 0. The Kier molecular flexibility index (Phi) is 5.20. The molecule has 2 unspecified atom stereocenters. The highest BCUT2D eigenvalue weighted by molar-refractivity contribution is 5.91. The molecule has 6 heteroatoms. The molecule has 2 atom stereocenters. The van der Waals surface area contributed by atoms with E-state index in [2.05, 4.69) is 5.32 Å². The molecule has 1 saturated heterocycles. The molecule has 0 aromatic rings. The highest BCUT2D eigenvalue weighted by atomic mass is 16.4. The first-order valence-corrected chi connectivity index (χ1v) is 7.85. The minimum atomic E-state index is -1.01. The van der Waals surface area contributed by atoms with E-state index >= 15 is 0 Å². The molecule has 1 aliphatic heterocycles. The molecule has 2 N–H and O–H groups in total. The summed E-state index contributed by atoms with van der Waals surface area (Å²) in [5, 5.41) is 11.7. The highest BCUT2D eigenvalue weighted by Crippen LogP contribution is 2.29. The van der Waals surface area contributed by atoms with Crippen LogP contribution in [0, 0.1) is 5.92 Å². The second-order valence-electron chi connectivity index (χ2n) is 6.07. The Morgan fingerprint density at radius 3 is 2.62 bits per heavy atom. The van der Waals surface area contributed by atoms with Gasteiger partial charge in [0.15, 0.2) is 0 Å². The fourth-order valence-corrected chi connectivity index (χ4v) is 3.31. The lowest BCUT2D eigenvalue weighted by Gasteiger charge is -2.24. The van der Waals surface area contributed by atoms with Crippen LogP contribution >= 0.6 is 0 Å². The van der Waals surface area contributed by atoms with E-state index < -0.39 is 17.9 Å². The maximum atomic E-state index is 12.2. The number of likely N-dealkylation sites (tertiary alicyclic amines) is 1. The van der Waals surface area contributed by atoms with Crippen LogP contribution in [0.25, 0.3) is 0 Å². The quantitative estimate of drug-likeness (QED) is 0.769. The summed E-state index contributed by atoms with van der Waals surface area (Å²) in [7, 11) is 0. The van der Waals surface area contributed by atoms with Crippen LogP contribution in [0.2, 0.25) is 0 Å². The van der Waals surface area contributed by atoms with Crippen molar-refractivity contribution in [1.29, 1.82) is 0 Å². The van der Waals surface area contributed by atoms with Gasteiger partial charge in [0.25, 0.3) is 0 Å². The Balaban J connectivity index is 1.91. The molecule has 1 heterocycles. The van der Waals surface area contributed by atoms with Crippen molar-refractivity contribution in [2.75, 3.05) is 6.54 Å². The minimum Gasteiger partial charge on any atom is -0.480 e. The van der Waals surface area contributed by atoms with Crippen LogP contribution in [-0.2, 0) is 14.4 Å². The molecule has 0 aromatic heterocycles. The van der Waals surface area contributed by atoms with Gasteiger partial charge in [-0.25, -0.2) is 4.79 Å². The summed E-state index contributed by atoms with van der Waals surface area (Å²) in [6.45, 7) is 2.32. The maximum absolute atomic E-state index is 12.2. The van der Waals surface area contributed by atoms with E-state index in [4.69, 9.17) is 5.11 Å². The Hall–Kier alpha value is -1.59. The number of carbonyl (C=O) groups is 3. The molecule has 0 radical (unpaired) electrons. The summed E-state index contributed by atoms with van der Waals surface area (Å²) in [5.41, 5.74) is 0. The van der Waals surface area contributed by atoms with Crippen molar-refractivity contribution in [3.05, 3.63) is 0 Å². The zero-order valence-corrected chi connectivity index (χ0v) is 12.5. The summed E-state index contributed by atoms with van der Waals surface area (Å²) in [5.74, 6) is -1.69. The zero-order valence-electron chi connectivity index (χ0n) is 12.5. The number of rotatable bonds is 6. The molecule has 0 spiro atoms. The molecule has 0 aromatic carbocycles. The lowest BCUT2D eigenvalue weighted by molar-refractivity contribution is -0.142. The Bertz CT molecular complexity index is 418. The van der Waals surface area contributed by atoms with Crippen LogP contribution in [0.3, 0.4) is 0 Å². The Labute approximate surface area is 124 Å². The standard InChI is InChI=1S/C15H24N2O4/c1-2-5-12(15(20)21)16-14(19)10-8-13(18)17(9-10)11-6-3-4-7-11/h10-12H,2-9H2,1H3,(H,16,19)(H,20,21). The molecule has 1 aliphatic carbocycles. The first kappa shape index (κ1) is 15.8. The van der Waals surface area contributed by atoms with Gasteiger partial charge >= 0.3 is 5.97 Å². The average Bonchev–Trinajstić information content (AvgIpc) is 3.06. The molecule has 2 fully saturated rings. The summed E-state index contributed by atoms with van der Waals surface area (Å²) < 4.78 is 0. The van der Waals surface area contributed by atoms with Gasteiger partial charge in [-0.05, 0) is 19.3 Å². The van der Waals surface area contributed by atoms with Crippen molar-refractivity contribution in [3.63, 3.8) is 0 Å². The molecule has 2 rings (SSSR count). The number of nitrogens with zero attached hydrogens (tertiary/aromatic N) is 1. The lowest BCUT2D eigenvalue weighted by Crippen LogP contribution is -2.44. The highest BCUT2D eigenvalue weighted by Gasteiger charge is 2.39. The number of hydrogen-bond acceptors (Lipinski definition) is 3. The molecular formula is C15H24N2O4. The van der Waals surface area contributed by atoms with E-state index in [-0.39, 0.29) is 24.3 Å². The number of hydrogen-bond donors (Lipinski definition) is 2. The topological polar surface area (TPSA) is 86.7 Å².